The van der Waals surface area contributed by atoms with Crippen molar-refractivity contribution in [1.82, 2.24) is 0 Å². The van der Waals surface area contributed by atoms with Crippen LogP contribution in [0.15, 0.2) is 77.2 Å². The Bertz CT molecular complexity index is 1290. The summed E-state index contributed by atoms with van der Waals surface area (Å²) in [5.41, 5.74) is 2.39. The molecule has 154 valence electrons. The SMILES string of the molecule is Cc1ccc(NC(=O)c2oc3ccccc3c2NC(=O)c2ccc([N+](=O)[O-])cc2)cc1. The Morgan fingerprint density at radius 2 is 1.55 bits per heavy atom. The number of fused-ring (bicyclic) bond motifs is 1. The highest BCUT2D eigenvalue weighted by molar-refractivity contribution is 6.16. The lowest BCUT2D eigenvalue weighted by molar-refractivity contribution is -0.384. The van der Waals surface area contributed by atoms with Gasteiger partial charge in [-0.3, -0.25) is 19.7 Å². The van der Waals surface area contributed by atoms with Crippen molar-refractivity contribution in [3.8, 4) is 0 Å². The molecule has 1 heterocycles. The molecule has 0 aliphatic carbocycles. The van der Waals surface area contributed by atoms with Crippen LogP contribution in [0.3, 0.4) is 0 Å². The molecule has 2 N–H and O–H groups in total. The summed E-state index contributed by atoms with van der Waals surface area (Å²) in [6.07, 6.45) is 0. The fourth-order valence-electron chi connectivity index (χ4n) is 3.07. The number of hydrogen-bond acceptors (Lipinski definition) is 5. The summed E-state index contributed by atoms with van der Waals surface area (Å²) in [6, 6.07) is 19.4. The number of benzene rings is 3. The summed E-state index contributed by atoms with van der Waals surface area (Å²) >= 11 is 0. The summed E-state index contributed by atoms with van der Waals surface area (Å²) in [6.45, 7) is 1.94. The van der Waals surface area contributed by atoms with Crippen molar-refractivity contribution in [2.24, 2.45) is 0 Å². The second-order valence-electron chi connectivity index (χ2n) is 6.88. The highest BCUT2D eigenvalue weighted by Gasteiger charge is 2.23. The maximum atomic E-state index is 12.9. The monoisotopic (exact) mass is 415 g/mol. The van der Waals surface area contributed by atoms with Crippen molar-refractivity contribution in [1.29, 1.82) is 0 Å². The molecular weight excluding hydrogens is 398 g/mol. The van der Waals surface area contributed by atoms with Gasteiger partial charge in [-0.15, -0.1) is 0 Å². The number of carbonyl (C=O) groups is 2. The number of amides is 2. The van der Waals surface area contributed by atoms with Gasteiger partial charge in [-0.05, 0) is 43.3 Å². The van der Waals surface area contributed by atoms with Gasteiger partial charge in [0.15, 0.2) is 0 Å². The van der Waals surface area contributed by atoms with Gasteiger partial charge in [0.25, 0.3) is 17.5 Å². The molecule has 0 spiro atoms. The first-order valence-corrected chi connectivity index (χ1v) is 9.38. The van der Waals surface area contributed by atoms with E-state index in [0.29, 0.717) is 16.7 Å². The zero-order valence-corrected chi connectivity index (χ0v) is 16.4. The van der Waals surface area contributed by atoms with Crippen LogP contribution in [0.25, 0.3) is 11.0 Å². The Balaban J connectivity index is 1.66. The molecule has 0 atom stereocenters. The number of carbonyl (C=O) groups excluding carboxylic acids is 2. The van der Waals surface area contributed by atoms with Crippen molar-refractivity contribution in [2.45, 2.75) is 6.92 Å². The zero-order valence-electron chi connectivity index (χ0n) is 16.4. The third-order valence-corrected chi connectivity index (χ3v) is 4.69. The molecule has 0 unspecified atom stereocenters. The van der Waals surface area contributed by atoms with Gasteiger partial charge in [-0.1, -0.05) is 29.8 Å². The number of para-hydroxylation sites is 1. The van der Waals surface area contributed by atoms with E-state index in [1.54, 1.807) is 36.4 Å². The van der Waals surface area contributed by atoms with Crippen LogP contribution in [0.5, 0.6) is 0 Å². The maximum absolute atomic E-state index is 12.9. The third-order valence-electron chi connectivity index (χ3n) is 4.69. The van der Waals surface area contributed by atoms with Gasteiger partial charge in [-0.2, -0.15) is 0 Å². The fourth-order valence-corrected chi connectivity index (χ4v) is 3.07. The standard InChI is InChI=1S/C23H17N3O5/c1-14-6-10-16(11-7-14)24-23(28)21-20(18-4-2-3-5-19(18)31-21)25-22(27)15-8-12-17(13-9-15)26(29)30/h2-13H,1H3,(H,24,28)(H,25,27). The van der Waals surface area contributed by atoms with Crippen LogP contribution >= 0.6 is 0 Å². The largest absolute Gasteiger partial charge is 0.449 e. The molecule has 8 heteroatoms. The Hall–Kier alpha value is -4.46. The number of aryl methyl sites for hydroxylation is 1. The van der Waals surface area contributed by atoms with E-state index < -0.39 is 16.7 Å². The lowest BCUT2D eigenvalue weighted by Gasteiger charge is -2.08. The molecule has 0 saturated carbocycles. The van der Waals surface area contributed by atoms with E-state index in [0.717, 1.165) is 5.56 Å². The van der Waals surface area contributed by atoms with Gasteiger partial charge in [0.05, 0.1) is 4.92 Å². The predicted octanol–water partition coefficient (Wildman–Crippen LogP) is 5.15. The fraction of sp³-hybridized carbons (Fsp3) is 0.0435. The van der Waals surface area contributed by atoms with Crippen LogP contribution < -0.4 is 10.6 Å². The minimum absolute atomic E-state index is 0.0444. The van der Waals surface area contributed by atoms with E-state index >= 15 is 0 Å². The normalized spacial score (nSPS) is 10.6. The first kappa shape index (κ1) is 19.8. The quantitative estimate of drug-likeness (QED) is 0.345. The Labute approximate surface area is 176 Å². The van der Waals surface area contributed by atoms with Crippen LogP contribution in [0.2, 0.25) is 0 Å². The minimum Gasteiger partial charge on any atom is -0.449 e. The van der Waals surface area contributed by atoms with Gasteiger partial charge in [0, 0.05) is 28.8 Å². The molecule has 31 heavy (non-hydrogen) atoms. The lowest BCUT2D eigenvalue weighted by Crippen LogP contribution is -2.17. The van der Waals surface area contributed by atoms with Gasteiger partial charge in [0.1, 0.15) is 11.3 Å². The Morgan fingerprint density at radius 1 is 0.871 bits per heavy atom. The first-order valence-electron chi connectivity index (χ1n) is 9.38. The summed E-state index contributed by atoms with van der Waals surface area (Å²) in [7, 11) is 0. The lowest BCUT2D eigenvalue weighted by atomic mass is 10.1. The molecule has 0 aliphatic rings. The van der Waals surface area contributed by atoms with E-state index in [1.807, 2.05) is 19.1 Å². The second kappa shape index (κ2) is 8.11. The summed E-state index contributed by atoms with van der Waals surface area (Å²) in [4.78, 5) is 35.9. The van der Waals surface area contributed by atoms with Crippen LogP contribution in [-0.2, 0) is 0 Å². The number of nitrogens with zero attached hydrogens (tertiary/aromatic N) is 1. The van der Waals surface area contributed by atoms with Crippen LogP contribution in [0.4, 0.5) is 17.1 Å². The molecule has 8 nitrogen and oxygen atoms in total. The molecule has 0 radical (unpaired) electrons. The van der Waals surface area contributed by atoms with Crippen molar-refractivity contribution < 1.29 is 18.9 Å². The predicted molar refractivity (Wildman–Crippen MR) is 116 cm³/mol. The first-order chi connectivity index (χ1) is 14.9. The van der Waals surface area contributed by atoms with Crippen molar-refractivity contribution >= 4 is 39.8 Å². The molecule has 1 aromatic heterocycles. The molecule has 0 aliphatic heterocycles. The number of nitro benzene ring substituents is 1. The smallest absolute Gasteiger partial charge is 0.293 e. The van der Waals surface area contributed by atoms with E-state index in [9.17, 15) is 19.7 Å². The average molecular weight is 415 g/mol. The van der Waals surface area contributed by atoms with Gasteiger partial charge < -0.3 is 15.1 Å². The highest BCUT2D eigenvalue weighted by Crippen LogP contribution is 2.32. The third kappa shape index (κ3) is 4.13. The summed E-state index contributed by atoms with van der Waals surface area (Å²) in [5, 5.41) is 16.9. The minimum atomic E-state index is -0.543. The number of nitrogens with one attached hydrogen (secondary N) is 2. The molecule has 0 saturated heterocycles. The summed E-state index contributed by atoms with van der Waals surface area (Å²) in [5.74, 6) is -1.08. The highest BCUT2D eigenvalue weighted by atomic mass is 16.6. The van der Waals surface area contributed by atoms with Crippen molar-refractivity contribution in [3.63, 3.8) is 0 Å². The zero-order chi connectivity index (χ0) is 22.0. The Morgan fingerprint density at radius 3 is 2.23 bits per heavy atom. The van der Waals surface area contributed by atoms with E-state index in [4.69, 9.17) is 4.42 Å². The van der Waals surface area contributed by atoms with Crippen molar-refractivity contribution in [2.75, 3.05) is 10.6 Å². The van der Waals surface area contributed by atoms with Crippen LogP contribution in [0.1, 0.15) is 26.5 Å². The number of furan rings is 1. The molecule has 0 fully saturated rings. The number of anilines is 2. The molecule has 0 bridgehead atoms. The molecule has 3 aromatic carbocycles. The topological polar surface area (TPSA) is 114 Å². The van der Waals surface area contributed by atoms with Crippen LogP contribution in [-0.4, -0.2) is 16.7 Å². The van der Waals surface area contributed by atoms with Gasteiger partial charge >= 0.3 is 0 Å². The second-order valence-corrected chi connectivity index (χ2v) is 6.88. The van der Waals surface area contributed by atoms with E-state index in [-0.39, 0.29) is 22.7 Å². The van der Waals surface area contributed by atoms with Crippen LogP contribution in [0, 0.1) is 17.0 Å². The molecule has 2 amide bonds. The molecule has 4 rings (SSSR count). The Kier molecular flexibility index (Phi) is 5.19. The number of nitro groups is 1. The number of non-ortho nitro benzene ring substituents is 1. The van der Waals surface area contributed by atoms with Gasteiger partial charge in [0.2, 0.25) is 5.76 Å². The van der Waals surface area contributed by atoms with Crippen molar-refractivity contribution in [3.05, 3.63) is 99.8 Å². The number of hydrogen-bond donors (Lipinski definition) is 2. The van der Waals surface area contributed by atoms with Gasteiger partial charge in [-0.25, -0.2) is 0 Å². The molecular formula is C23H17N3O5. The maximum Gasteiger partial charge on any atom is 0.293 e. The average Bonchev–Trinajstić information content (AvgIpc) is 3.14. The summed E-state index contributed by atoms with van der Waals surface area (Å²) < 4.78 is 5.73. The number of rotatable bonds is 5. The van der Waals surface area contributed by atoms with E-state index in [2.05, 4.69) is 10.6 Å². The molecule has 4 aromatic rings. The van der Waals surface area contributed by atoms with E-state index in [1.165, 1.54) is 24.3 Å².